The number of anilines is 2. The van der Waals surface area contributed by atoms with Crippen LogP contribution in [-0.4, -0.2) is 11.8 Å². The highest BCUT2D eigenvalue weighted by Crippen LogP contribution is 2.28. The van der Waals surface area contributed by atoms with Gasteiger partial charge in [0.25, 0.3) is 5.91 Å². The first-order valence-electron chi connectivity index (χ1n) is 9.67. The first-order valence-corrected chi connectivity index (χ1v) is 11.3. The van der Waals surface area contributed by atoms with E-state index in [4.69, 9.17) is 5.73 Å². The van der Waals surface area contributed by atoms with Gasteiger partial charge in [-0.3, -0.25) is 9.59 Å². The van der Waals surface area contributed by atoms with Crippen LogP contribution in [0.25, 0.3) is 10.1 Å². The summed E-state index contributed by atoms with van der Waals surface area (Å²) in [4.78, 5) is 25.6. The summed E-state index contributed by atoms with van der Waals surface area (Å²) in [6, 6.07) is 22.7. The maximum Gasteiger partial charge on any atom is 0.265 e. The number of benzene rings is 3. The fourth-order valence-electron chi connectivity index (χ4n) is 3.14. The molecule has 0 spiro atoms. The van der Waals surface area contributed by atoms with Gasteiger partial charge in [0.2, 0.25) is 5.91 Å². The molecule has 0 saturated carbocycles. The second kappa shape index (κ2) is 9.32. The zero-order valence-corrected chi connectivity index (χ0v) is 18.9. The smallest absolute Gasteiger partial charge is 0.265 e. The molecule has 0 aliphatic rings. The van der Waals surface area contributed by atoms with E-state index in [-0.39, 0.29) is 18.2 Å². The van der Waals surface area contributed by atoms with Crippen LogP contribution < -0.4 is 16.4 Å². The maximum atomic E-state index is 12.6. The molecule has 0 radical (unpaired) electrons. The number of carbonyl (C=O) groups excluding carboxylic acids is 2. The van der Waals surface area contributed by atoms with E-state index in [9.17, 15) is 9.59 Å². The molecule has 31 heavy (non-hydrogen) atoms. The lowest BCUT2D eigenvalue weighted by molar-refractivity contribution is -0.120. The molecular formula is C24H20BrN3O2S. The van der Waals surface area contributed by atoms with Crippen molar-refractivity contribution < 1.29 is 9.59 Å². The van der Waals surface area contributed by atoms with Crippen LogP contribution in [0.2, 0.25) is 0 Å². The molecule has 0 aliphatic heterocycles. The molecule has 0 saturated heterocycles. The summed E-state index contributed by atoms with van der Waals surface area (Å²) in [5.41, 5.74) is 8.96. The zero-order valence-electron chi connectivity index (χ0n) is 16.5. The topological polar surface area (TPSA) is 84.2 Å². The Morgan fingerprint density at radius 2 is 1.68 bits per heavy atom. The van der Waals surface area contributed by atoms with Crippen molar-refractivity contribution in [3.05, 3.63) is 93.3 Å². The van der Waals surface area contributed by atoms with E-state index < -0.39 is 0 Å². The highest BCUT2D eigenvalue weighted by atomic mass is 79.9. The summed E-state index contributed by atoms with van der Waals surface area (Å²) in [6.45, 7) is 0.486. The molecule has 1 heterocycles. The number of fused-ring (bicyclic) bond motifs is 1. The molecule has 0 unspecified atom stereocenters. The van der Waals surface area contributed by atoms with E-state index >= 15 is 0 Å². The lowest BCUT2D eigenvalue weighted by Gasteiger charge is -2.06. The van der Waals surface area contributed by atoms with Crippen LogP contribution in [0.4, 0.5) is 11.4 Å². The van der Waals surface area contributed by atoms with E-state index in [0.717, 1.165) is 25.7 Å². The van der Waals surface area contributed by atoms with Gasteiger partial charge in [-0.25, -0.2) is 0 Å². The van der Waals surface area contributed by atoms with Gasteiger partial charge in [-0.05, 0) is 52.9 Å². The first kappa shape index (κ1) is 21.1. The normalized spacial score (nSPS) is 10.7. The average Bonchev–Trinajstić information content (AvgIpc) is 3.18. The Morgan fingerprint density at radius 3 is 2.45 bits per heavy atom. The average molecular weight is 494 g/mol. The van der Waals surface area contributed by atoms with Gasteiger partial charge in [0.15, 0.2) is 0 Å². The fraction of sp³-hybridized carbons (Fsp3) is 0.0833. The van der Waals surface area contributed by atoms with Crippen LogP contribution in [0.5, 0.6) is 0 Å². The van der Waals surface area contributed by atoms with Gasteiger partial charge in [0.1, 0.15) is 0 Å². The number of hydrogen-bond acceptors (Lipinski definition) is 4. The molecule has 4 aromatic rings. The quantitative estimate of drug-likeness (QED) is 0.316. The summed E-state index contributed by atoms with van der Waals surface area (Å²) in [5, 5.41) is 6.76. The number of halogens is 1. The Morgan fingerprint density at radius 1 is 0.935 bits per heavy atom. The highest BCUT2D eigenvalue weighted by Gasteiger charge is 2.13. The van der Waals surface area contributed by atoms with Crippen molar-refractivity contribution in [2.24, 2.45) is 0 Å². The van der Waals surface area contributed by atoms with Gasteiger partial charge in [0.05, 0.1) is 22.7 Å². The molecule has 156 valence electrons. The number of amides is 2. The maximum absolute atomic E-state index is 12.6. The molecule has 0 aliphatic carbocycles. The molecule has 3 aromatic carbocycles. The first-order chi connectivity index (χ1) is 15.0. The summed E-state index contributed by atoms with van der Waals surface area (Å²) in [6.07, 6.45) is 0.284. The predicted octanol–water partition coefficient (Wildman–Crippen LogP) is 5.36. The number of rotatable bonds is 6. The molecule has 1 aromatic heterocycles. The minimum absolute atomic E-state index is 0.0451. The van der Waals surface area contributed by atoms with Crippen LogP contribution in [0, 0.1) is 0 Å². The van der Waals surface area contributed by atoms with Crippen LogP contribution in [-0.2, 0) is 17.8 Å². The fourth-order valence-corrected chi connectivity index (χ4v) is 4.43. The highest BCUT2D eigenvalue weighted by molar-refractivity contribution is 9.10. The molecule has 0 bridgehead atoms. The van der Waals surface area contributed by atoms with E-state index in [1.807, 2.05) is 60.7 Å². The zero-order chi connectivity index (χ0) is 21.8. The second-order valence-corrected chi connectivity index (χ2v) is 9.10. The Kier molecular flexibility index (Phi) is 6.34. The third-order valence-corrected chi connectivity index (χ3v) is 6.41. The number of thiophene rings is 1. The lowest BCUT2D eigenvalue weighted by atomic mass is 10.1. The van der Waals surface area contributed by atoms with E-state index in [1.54, 1.807) is 12.1 Å². The van der Waals surface area contributed by atoms with Crippen molar-refractivity contribution in [3.8, 4) is 0 Å². The second-order valence-electron chi connectivity index (χ2n) is 7.10. The number of carbonyl (C=O) groups is 2. The van der Waals surface area contributed by atoms with Crippen LogP contribution in [0.1, 0.15) is 20.8 Å². The van der Waals surface area contributed by atoms with Crippen molar-refractivity contribution in [3.63, 3.8) is 0 Å². The van der Waals surface area contributed by atoms with Crippen molar-refractivity contribution in [2.75, 3.05) is 11.1 Å². The molecule has 4 rings (SSSR count). The number of nitrogen functional groups attached to an aromatic ring is 1. The summed E-state index contributed by atoms with van der Waals surface area (Å²) in [7, 11) is 0. The minimum atomic E-state index is -0.201. The lowest BCUT2D eigenvalue weighted by Crippen LogP contribution is -2.24. The van der Waals surface area contributed by atoms with E-state index in [0.29, 0.717) is 22.8 Å². The van der Waals surface area contributed by atoms with Gasteiger partial charge < -0.3 is 16.4 Å². The van der Waals surface area contributed by atoms with E-state index in [1.165, 1.54) is 11.3 Å². The van der Waals surface area contributed by atoms with Crippen molar-refractivity contribution in [1.82, 2.24) is 5.32 Å². The van der Waals surface area contributed by atoms with Crippen LogP contribution in [0.3, 0.4) is 0 Å². The third-order valence-electron chi connectivity index (χ3n) is 4.78. The Balaban J connectivity index is 1.41. The van der Waals surface area contributed by atoms with Crippen LogP contribution in [0.15, 0.2) is 77.3 Å². The van der Waals surface area contributed by atoms with Gasteiger partial charge in [-0.15, -0.1) is 11.3 Å². The van der Waals surface area contributed by atoms with E-state index in [2.05, 4.69) is 26.6 Å². The predicted molar refractivity (Wildman–Crippen MR) is 130 cm³/mol. The molecule has 0 atom stereocenters. The summed E-state index contributed by atoms with van der Waals surface area (Å²) < 4.78 is 1.97. The Bertz CT molecular complexity index is 1250. The number of nitrogens with two attached hydrogens (primary N) is 1. The van der Waals surface area contributed by atoms with Crippen LogP contribution >= 0.6 is 27.3 Å². The van der Waals surface area contributed by atoms with Gasteiger partial charge in [-0.1, -0.05) is 52.3 Å². The van der Waals surface area contributed by atoms with Gasteiger partial charge in [-0.2, -0.15) is 0 Å². The summed E-state index contributed by atoms with van der Waals surface area (Å²) >= 11 is 4.80. The number of hydrogen-bond donors (Lipinski definition) is 3. The number of para-hydroxylation sites is 2. The standard InChI is InChI=1S/C24H20BrN3O2S/c25-18-9-6-15(7-10-18)14-27-23(29)12-16-5-8-17-13-22(31-21(17)11-16)24(30)28-20-4-2-1-3-19(20)26/h1-11,13H,12,14,26H2,(H,27,29)(H,28,30). The molecule has 4 N–H and O–H groups in total. The molecule has 5 nitrogen and oxygen atoms in total. The minimum Gasteiger partial charge on any atom is -0.397 e. The molecular weight excluding hydrogens is 474 g/mol. The Labute approximate surface area is 192 Å². The third kappa shape index (κ3) is 5.31. The SMILES string of the molecule is Nc1ccccc1NC(=O)c1cc2ccc(CC(=O)NCc3ccc(Br)cc3)cc2s1. The molecule has 7 heteroatoms. The molecule has 2 amide bonds. The van der Waals surface area contributed by atoms with Crippen molar-refractivity contribution in [2.45, 2.75) is 13.0 Å². The largest absolute Gasteiger partial charge is 0.397 e. The monoisotopic (exact) mass is 493 g/mol. The van der Waals surface area contributed by atoms with Gasteiger partial charge in [0, 0.05) is 15.7 Å². The Hall–Kier alpha value is -3.16. The van der Waals surface area contributed by atoms with Crippen molar-refractivity contribution >= 4 is 60.5 Å². The van der Waals surface area contributed by atoms with Crippen molar-refractivity contribution in [1.29, 1.82) is 0 Å². The molecule has 0 fully saturated rings. The summed E-state index contributed by atoms with van der Waals surface area (Å²) in [5.74, 6) is -0.246. The van der Waals surface area contributed by atoms with Gasteiger partial charge >= 0.3 is 0 Å². The number of nitrogens with one attached hydrogen (secondary N) is 2.